The number of nitrogens with two attached hydrogens (primary N) is 1. The molecule has 1 aliphatic rings. The molecule has 5 rings (SSSR count). The first kappa shape index (κ1) is 24.3. The molecule has 1 fully saturated rings. The van der Waals surface area contributed by atoms with Crippen molar-refractivity contribution in [3.05, 3.63) is 71.8 Å². The highest BCUT2D eigenvalue weighted by atomic mass is 19.1. The molecular weight excluding hydrogens is 482 g/mol. The first-order valence-corrected chi connectivity index (χ1v) is 11.6. The average Bonchev–Trinajstić information content (AvgIpc) is 3.45. The highest BCUT2D eigenvalue weighted by Gasteiger charge is 2.25. The molecule has 1 saturated heterocycles. The van der Waals surface area contributed by atoms with Gasteiger partial charge in [-0.05, 0) is 25.0 Å². The SMILES string of the molecule is Cn1cncc1COc1cc(F)cc(Oc2ccc(-c3nn(C4CCOCC4)c(N)c3C#N)c(F)c2)c1. The topological polar surface area (TPSA) is 113 Å². The lowest BCUT2D eigenvalue weighted by Gasteiger charge is -2.23. The summed E-state index contributed by atoms with van der Waals surface area (Å²) in [5.74, 6) is -0.501. The zero-order valence-corrected chi connectivity index (χ0v) is 20.0. The third-order valence-electron chi connectivity index (χ3n) is 6.18. The second-order valence-electron chi connectivity index (χ2n) is 8.66. The van der Waals surface area contributed by atoms with Crippen LogP contribution in [0.1, 0.15) is 30.1 Å². The van der Waals surface area contributed by atoms with E-state index in [4.69, 9.17) is 19.9 Å². The van der Waals surface area contributed by atoms with Gasteiger partial charge in [-0.2, -0.15) is 10.4 Å². The minimum absolute atomic E-state index is 0.0254. The molecule has 190 valence electrons. The van der Waals surface area contributed by atoms with E-state index in [2.05, 4.69) is 10.1 Å². The van der Waals surface area contributed by atoms with Gasteiger partial charge in [0.15, 0.2) is 0 Å². The van der Waals surface area contributed by atoms with Crippen LogP contribution >= 0.6 is 0 Å². The van der Waals surface area contributed by atoms with Crippen molar-refractivity contribution >= 4 is 5.82 Å². The number of aromatic nitrogens is 4. The van der Waals surface area contributed by atoms with E-state index in [1.165, 1.54) is 30.3 Å². The molecule has 0 spiro atoms. The van der Waals surface area contributed by atoms with E-state index < -0.39 is 11.6 Å². The van der Waals surface area contributed by atoms with Gasteiger partial charge in [0.2, 0.25) is 0 Å². The van der Waals surface area contributed by atoms with Crippen LogP contribution in [0.15, 0.2) is 48.9 Å². The lowest BCUT2D eigenvalue weighted by Crippen LogP contribution is -2.21. The smallest absolute Gasteiger partial charge is 0.140 e. The second-order valence-corrected chi connectivity index (χ2v) is 8.66. The van der Waals surface area contributed by atoms with Crippen LogP contribution in [0.3, 0.4) is 0 Å². The van der Waals surface area contributed by atoms with E-state index in [1.54, 1.807) is 21.8 Å². The van der Waals surface area contributed by atoms with Crippen LogP contribution in [-0.4, -0.2) is 32.5 Å². The predicted octanol–water partition coefficient (Wildman–Crippen LogP) is 4.74. The number of ether oxygens (including phenoxy) is 3. The standard InChI is InChI=1S/C26H24F2N6O3/c1-33-15-31-13-18(33)14-36-20-8-16(27)9-21(10-20)37-19-2-3-22(24(28)11-19)25-23(12-29)26(30)34(32-25)17-4-6-35-7-5-17/h2-3,8-11,13,15,17H,4-7,14,30H2,1H3. The average molecular weight is 507 g/mol. The Balaban J connectivity index is 1.37. The van der Waals surface area contributed by atoms with Crippen LogP contribution in [0.4, 0.5) is 14.6 Å². The van der Waals surface area contributed by atoms with Gasteiger partial charge in [-0.3, -0.25) is 0 Å². The molecule has 11 heteroatoms. The van der Waals surface area contributed by atoms with E-state index in [0.717, 1.165) is 11.8 Å². The van der Waals surface area contributed by atoms with Crippen molar-refractivity contribution in [1.82, 2.24) is 19.3 Å². The Hall–Kier alpha value is -4.43. The molecular formula is C26H24F2N6O3. The number of hydrogen-bond donors (Lipinski definition) is 1. The second kappa shape index (κ2) is 10.3. The minimum Gasteiger partial charge on any atom is -0.487 e. The summed E-state index contributed by atoms with van der Waals surface area (Å²) >= 11 is 0. The number of nitrogen functional groups attached to an aromatic ring is 1. The quantitative estimate of drug-likeness (QED) is 0.385. The number of halogens is 2. The normalized spacial score (nSPS) is 13.9. The number of rotatable bonds is 7. The van der Waals surface area contributed by atoms with Crippen LogP contribution in [0.2, 0.25) is 0 Å². The number of benzene rings is 2. The van der Waals surface area contributed by atoms with Crippen LogP contribution in [0.5, 0.6) is 17.2 Å². The van der Waals surface area contributed by atoms with Crippen LogP contribution in [-0.2, 0) is 18.4 Å². The summed E-state index contributed by atoms with van der Waals surface area (Å²) in [7, 11) is 1.83. The third-order valence-corrected chi connectivity index (χ3v) is 6.18. The number of anilines is 1. The van der Waals surface area contributed by atoms with Gasteiger partial charge in [0.05, 0.1) is 24.3 Å². The molecule has 2 aromatic carbocycles. The Morgan fingerprint density at radius 2 is 1.92 bits per heavy atom. The van der Waals surface area contributed by atoms with E-state index in [-0.39, 0.29) is 52.5 Å². The Morgan fingerprint density at radius 3 is 2.62 bits per heavy atom. The summed E-state index contributed by atoms with van der Waals surface area (Å²) in [6.07, 6.45) is 4.69. The van der Waals surface area contributed by atoms with Crippen LogP contribution < -0.4 is 15.2 Å². The Bertz CT molecular complexity index is 1470. The predicted molar refractivity (Wildman–Crippen MR) is 130 cm³/mol. The van der Waals surface area contributed by atoms with Crippen molar-refractivity contribution in [2.45, 2.75) is 25.5 Å². The van der Waals surface area contributed by atoms with Crippen molar-refractivity contribution in [1.29, 1.82) is 5.26 Å². The summed E-state index contributed by atoms with van der Waals surface area (Å²) in [4.78, 5) is 4.02. The molecule has 0 atom stereocenters. The van der Waals surface area contributed by atoms with Crippen molar-refractivity contribution in [2.75, 3.05) is 18.9 Å². The summed E-state index contributed by atoms with van der Waals surface area (Å²) in [6, 6.07) is 10.1. The van der Waals surface area contributed by atoms with Gasteiger partial charge >= 0.3 is 0 Å². The van der Waals surface area contributed by atoms with Gasteiger partial charge in [0.1, 0.15) is 58.6 Å². The number of nitriles is 1. The Morgan fingerprint density at radius 1 is 1.14 bits per heavy atom. The molecule has 4 aromatic rings. The van der Waals surface area contributed by atoms with Crippen LogP contribution in [0.25, 0.3) is 11.3 Å². The van der Waals surface area contributed by atoms with Crippen molar-refractivity contribution < 1.29 is 23.0 Å². The van der Waals surface area contributed by atoms with Crippen molar-refractivity contribution in [3.63, 3.8) is 0 Å². The highest BCUT2D eigenvalue weighted by molar-refractivity contribution is 5.73. The van der Waals surface area contributed by atoms with Crippen molar-refractivity contribution in [2.24, 2.45) is 7.05 Å². The molecule has 9 nitrogen and oxygen atoms in total. The molecule has 0 bridgehead atoms. The number of aryl methyl sites for hydroxylation is 1. The van der Waals surface area contributed by atoms with Gasteiger partial charge < -0.3 is 24.5 Å². The molecule has 37 heavy (non-hydrogen) atoms. The van der Waals surface area contributed by atoms with E-state index >= 15 is 4.39 Å². The zero-order valence-electron chi connectivity index (χ0n) is 20.0. The summed E-state index contributed by atoms with van der Waals surface area (Å²) < 4.78 is 49.5. The fraction of sp³-hybridized carbons (Fsp3) is 0.269. The summed E-state index contributed by atoms with van der Waals surface area (Å²) in [6.45, 7) is 1.32. The Labute approximate surface area is 211 Å². The lowest BCUT2D eigenvalue weighted by molar-refractivity contribution is 0.0669. The van der Waals surface area contributed by atoms with Gasteiger partial charge in [0, 0.05) is 50.1 Å². The Kier molecular flexibility index (Phi) is 6.74. The fourth-order valence-corrected chi connectivity index (χ4v) is 4.20. The molecule has 0 aliphatic carbocycles. The number of hydrogen-bond acceptors (Lipinski definition) is 7. The zero-order chi connectivity index (χ0) is 25.9. The number of imidazole rings is 1. The number of nitrogens with zero attached hydrogens (tertiary/aromatic N) is 5. The van der Waals surface area contributed by atoms with Gasteiger partial charge in [-0.15, -0.1) is 0 Å². The fourth-order valence-electron chi connectivity index (χ4n) is 4.20. The summed E-state index contributed by atoms with van der Waals surface area (Å²) in [5.41, 5.74) is 7.38. The maximum atomic E-state index is 15.2. The highest BCUT2D eigenvalue weighted by Crippen LogP contribution is 2.35. The monoisotopic (exact) mass is 506 g/mol. The van der Waals surface area contributed by atoms with Gasteiger partial charge in [-0.1, -0.05) is 0 Å². The largest absolute Gasteiger partial charge is 0.487 e. The van der Waals surface area contributed by atoms with E-state index in [9.17, 15) is 9.65 Å². The molecule has 0 unspecified atom stereocenters. The third kappa shape index (κ3) is 5.10. The minimum atomic E-state index is -0.658. The molecule has 0 radical (unpaired) electrons. The molecule has 3 heterocycles. The van der Waals surface area contributed by atoms with Crippen molar-refractivity contribution in [3.8, 4) is 34.6 Å². The lowest BCUT2D eigenvalue weighted by atomic mass is 10.1. The maximum Gasteiger partial charge on any atom is 0.140 e. The molecule has 0 saturated carbocycles. The summed E-state index contributed by atoms with van der Waals surface area (Å²) in [5, 5.41) is 14.2. The first-order chi connectivity index (χ1) is 17.9. The van der Waals surface area contributed by atoms with Gasteiger partial charge in [0.25, 0.3) is 0 Å². The van der Waals surface area contributed by atoms with Crippen LogP contribution in [0, 0.1) is 23.0 Å². The maximum absolute atomic E-state index is 15.2. The molecule has 2 N–H and O–H groups in total. The van der Waals surface area contributed by atoms with E-state index in [1.807, 2.05) is 13.1 Å². The van der Waals surface area contributed by atoms with E-state index in [0.29, 0.717) is 26.1 Å². The molecule has 2 aromatic heterocycles. The molecule has 1 aliphatic heterocycles. The first-order valence-electron chi connectivity index (χ1n) is 11.6. The molecule has 0 amide bonds. The van der Waals surface area contributed by atoms with Gasteiger partial charge in [-0.25, -0.2) is 18.4 Å².